The molecule has 1 aromatic rings. The molecule has 3 rings (SSSR count). The third kappa shape index (κ3) is 3.46. The van der Waals surface area contributed by atoms with Gasteiger partial charge in [0.05, 0.1) is 0 Å². The fraction of sp³-hybridized carbons (Fsp3) is 0.579. The molecule has 0 unspecified atom stereocenters. The SMILES string of the molecule is Cc1cc(C2CCN(C(C)C)CC2)ccc1N1CCC(=O)NC1=O. The minimum absolute atomic E-state index is 0.192. The molecular weight excluding hydrogens is 302 g/mol. The molecule has 5 heteroatoms. The highest BCUT2D eigenvalue weighted by Crippen LogP contribution is 2.32. The van der Waals surface area contributed by atoms with Crippen LogP contribution in [-0.4, -0.2) is 42.5 Å². The number of amides is 3. The molecule has 0 aliphatic carbocycles. The van der Waals surface area contributed by atoms with Gasteiger partial charge in [0.1, 0.15) is 0 Å². The fourth-order valence-corrected chi connectivity index (χ4v) is 3.78. The molecule has 2 heterocycles. The van der Waals surface area contributed by atoms with Gasteiger partial charge in [-0.2, -0.15) is 0 Å². The number of anilines is 1. The monoisotopic (exact) mass is 329 g/mol. The number of benzene rings is 1. The zero-order valence-electron chi connectivity index (χ0n) is 14.8. The summed E-state index contributed by atoms with van der Waals surface area (Å²) in [5.41, 5.74) is 3.37. The van der Waals surface area contributed by atoms with Crippen molar-refractivity contribution < 1.29 is 9.59 Å². The van der Waals surface area contributed by atoms with Gasteiger partial charge in [-0.1, -0.05) is 12.1 Å². The minimum Gasteiger partial charge on any atom is -0.301 e. The van der Waals surface area contributed by atoms with Crippen LogP contribution in [0.1, 0.15) is 50.2 Å². The summed E-state index contributed by atoms with van der Waals surface area (Å²) >= 11 is 0. The van der Waals surface area contributed by atoms with Gasteiger partial charge in [-0.3, -0.25) is 15.0 Å². The zero-order chi connectivity index (χ0) is 17.3. The van der Waals surface area contributed by atoms with Gasteiger partial charge in [0, 0.05) is 24.7 Å². The van der Waals surface area contributed by atoms with E-state index >= 15 is 0 Å². The number of urea groups is 1. The van der Waals surface area contributed by atoms with Crippen molar-refractivity contribution in [2.75, 3.05) is 24.5 Å². The summed E-state index contributed by atoms with van der Waals surface area (Å²) in [6, 6.07) is 6.72. The molecule has 0 spiro atoms. The van der Waals surface area contributed by atoms with Crippen LogP contribution in [0.3, 0.4) is 0 Å². The molecule has 2 fully saturated rings. The molecule has 1 aromatic carbocycles. The highest BCUT2D eigenvalue weighted by molar-refractivity contribution is 6.05. The third-order valence-corrected chi connectivity index (χ3v) is 5.30. The fourth-order valence-electron chi connectivity index (χ4n) is 3.78. The Labute approximate surface area is 144 Å². The summed E-state index contributed by atoms with van der Waals surface area (Å²) in [5.74, 6) is 0.409. The smallest absolute Gasteiger partial charge is 0.301 e. The second-order valence-corrected chi connectivity index (χ2v) is 7.20. The molecule has 0 aromatic heterocycles. The first kappa shape index (κ1) is 17.0. The Balaban J connectivity index is 1.71. The first-order valence-electron chi connectivity index (χ1n) is 8.91. The van der Waals surface area contributed by atoms with Gasteiger partial charge in [-0.15, -0.1) is 0 Å². The number of piperidine rings is 1. The molecule has 130 valence electrons. The van der Waals surface area contributed by atoms with Crippen LogP contribution >= 0.6 is 0 Å². The van der Waals surface area contributed by atoms with Gasteiger partial charge in [0.25, 0.3) is 0 Å². The van der Waals surface area contributed by atoms with E-state index < -0.39 is 0 Å². The van der Waals surface area contributed by atoms with E-state index in [9.17, 15) is 9.59 Å². The average Bonchev–Trinajstić information content (AvgIpc) is 2.55. The summed E-state index contributed by atoms with van der Waals surface area (Å²) in [5, 5.41) is 2.39. The van der Waals surface area contributed by atoms with E-state index in [4.69, 9.17) is 0 Å². The molecule has 2 saturated heterocycles. The zero-order valence-corrected chi connectivity index (χ0v) is 14.8. The number of imide groups is 1. The van der Waals surface area contributed by atoms with Crippen LogP contribution < -0.4 is 10.2 Å². The van der Waals surface area contributed by atoms with E-state index in [1.807, 2.05) is 13.0 Å². The highest BCUT2D eigenvalue weighted by Gasteiger charge is 2.26. The van der Waals surface area contributed by atoms with Crippen LogP contribution in [0.25, 0.3) is 0 Å². The number of hydrogen-bond donors (Lipinski definition) is 1. The first-order valence-corrected chi connectivity index (χ1v) is 8.91. The second kappa shape index (κ2) is 6.93. The Hall–Kier alpha value is -1.88. The molecule has 24 heavy (non-hydrogen) atoms. The molecule has 2 aliphatic rings. The molecule has 0 atom stereocenters. The average molecular weight is 329 g/mol. The van der Waals surface area contributed by atoms with Gasteiger partial charge in [-0.25, -0.2) is 4.79 Å². The number of likely N-dealkylation sites (tertiary alicyclic amines) is 1. The van der Waals surface area contributed by atoms with Crippen LogP contribution in [0.4, 0.5) is 10.5 Å². The predicted octanol–water partition coefficient (Wildman–Crippen LogP) is 3.03. The van der Waals surface area contributed by atoms with Gasteiger partial charge in [-0.05, 0) is 69.8 Å². The number of rotatable bonds is 3. The minimum atomic E-state index is -0.313. The van der Waals surface area contributed by atoms with Crippen LogP contribution in [0.15, 0.2) is 18.2 Å². The maximum absolute atomic E-state index is 12.0. The standard InChI is InChI=1S/C19H27N3O2/c1-13(2)21-9-6-15(7-10-21)16-4-5-17(14(3)12-16)22-11-8-18(23)20-19(22)24/h4-5,12-13,15H,6-11H2,1-3H3,(H,20,23,24). The van der Waals surface area contributed by atoms with E-state index in [-0.39, 0.29) is 11.9 Å². The van der Waals surface area contributed by atoms with Crippen molar-refractivity contribution in [3.8, 4) is 0 Å². The number of carbonyl (C=O) groups is 2. The Bertz CT molecular complexity index is 633. The number of nitrogens with zero attached hydrogens (tertiary/aromatic N) is 2. The molecule has 2 aliphatic heterocycles. The molecule has 3 amide bonds. The number of aryl methyl sites for hydroxylation is 1. The lowest BCUT2D eigenvalue weighted by Crippen LogP contribution is -2.49. The van der Waals surface area contributed by atoms with Crippen molar-refractivity contribution in [2.24, 2.45) is 0 Å². The van der Waals surface area contributed by atoms with E-state index in [1.54, 1.807) is 4.90 Å². The van der Waals surface area contributed by atoms with Crippen molar-refractivity contribution in [3.63, 3.8) is 0 Å². The second-order valence-electron chi connectivity index (χ2n) is 7.20. The van der Waals surface area contributed by atoms with Crippen molar-refractivity contribution in [1.29, 1.82) is 0 Å². The van der Waals surface area contributed by atoms with Crippen LogP contribution in [-0.2, 0) is 4.79 Å². The summed E-state index contributed by atoms with van der Waals surface area (Å²) < 4.78 is 0. The maximum Gasteiger partial charge on any atom is 0.328 e. The Morgan fingerprint density at radius 1 is 1.12 bits per heavy atom. The Morgan fingerprint density at radius 2 is 1.83 bits per heavy atom. The van der Waals surface area contributed by atoms with Gasteiger partial charge in [0.2, 0.25) is 5.91 Å². The van der Waals surface area contributed by atoms with Crippen molar-refractivity contribution in [2.45, 2.75) is 52.0 Å². The van der Waals surface area contributed by atoms with Crippen molar-refractivity contribution in [1.82, 2.24) is 10.2 Å². The summed E-state index contributed by atoms with van der Waals surface area (Å²) in [6.45, 7) is 9.32. The largest absolute Gasteiger partial charge is 0.328 e. The van der Waals surface area contributed by atoms with Gasteiger partial charge >= 0.3 is 6.03 Å². The summed E-state index contributed by atoms with van der Waals surface area (Å²) in [4.78, 5) is 27.5. The third-order valence-electron chi connectivity index (χ3n) is 5.30. The molecule has 1 N–H and O–H groups in total. The van der Waals surface area contributed by atoms with E-state index in [0.717, 1.165) is 24.3 Å². The molecule has 5 nitrogen and oxygen atoms in total. The lowest BCUT2D eigenvalue weighted by atomic mass is 9.88. The Kier molecular flexibility index (Phi) is 4.90. The molecule has 0 radical (unpaired) electrons. The van der Waals surface area contributed by atoms with E-state index in [0.29, 0.717) is 24.9 Å². The number of carbonyl (C=O) groups excluding carboxylic acids is 2. The van der Waals surface area contributed by atoms with Gasteiger partial charge < -0.3 is 4.90 Å². The lowest BCUT2D eigenvalue weighted by molar-refractivity contribution is -0.120. The molecule has 0 saturated carbocycles. The van der Waals surface area contributed by atoms with Crippen LogP contribution in [0.5, 0.6) is 0 Å². The lowest BCUT2D eigenvalue weighted by Gasteiger charge is -2.35. The van der Waals surface area contributed by atoms with Crippen LogP contribution in [0.2, 0.25) is 0 Å². The van der Waals surface area contributed by atoms with Crippen molar-refractivity contribution in [3.05, 3.63) is 29.3 Å². The summed E-state index contributed by atoms with van der Waals surface area (Å²) in [6.07, 6.45) is 2.74. The highest BCUT2D eigenvalue weighted by atomic mass is 16.2. The summed E-state index contributed by atoms with van der Waals surface area (Å²) in [7, 11) is 0. The quantitative estimate of drug-likeness (QED) is 0.927. The Morgan fingerprint density at radius 3 is 2.42 bits per heavy atom. The first-order chi connectivity index (χ1) is 11.5. The van der Waals surface area contributed by atoms with E-state index in [1.165, 1.54) is 18.4 Å². The maximum atomic E-state index is 12.0. The number of hydrogen-bond acceptors (Lipinski definition) is 3. The molecule has 0 bridgehead atoms. The van der Waals surface area contributed by atoms with Crippen molar-refractivity contribution >= 4 is 17.6 Å². The topological polar surface area (TPSA) is 52.6 Å². The van der Waals surface area contributed by atoms with E-state index in [2.05, 4.69) is 36.2 Å². The number of nitrogens with one attached hydrogen (secondary N) is 1. The van der Waals surface area contributed by atoms with Gasteiger partial charge in [0.15, 0.2) is 0 Å². The molecular formula is C19H27N3O2. The predicted molar refractivity (Wildman–Crippen MR) is 95.4 cm³/mol. The van der Waals surface area contributed by atoms with Crippen LogP contribution in [0, 0.1) is 6.92 Å². The normalized spacial score (nSPS) is 20.6.